The van der Waals surface area contributed by atoms with Crippen LogP contribution in [0.4, 0.5) is 11.5 Å². The molecule has 1 aromatic carbocycles. The van der Waals surface area contributed by atoms with Crippen LogP contribution < -0.4 is 5.32 Å². The highest BCUT2D eigenvalue weighted by atomic mass is 79.9. The average molecular weight is 534 g/mol. The Kier molecular flexibility index (Phi) is 6.07. The number of nitrogens with zero attached hydrogens (tertiary/aromatic N) is 4. The van der Waals surface area contributed by atoms with Gasteiger partial charge in [0.05, 0.1) is 11.4 Å². The second kappa shape index (κ2) is 8.77. The van der Waals surface area contributed by atoms with Crippen molar-refractivity contribution in [2.45, 2.75) is 6.92 Å². The van der Waals surface area contributed by atoms with Crippen molar-refractivity contribution in [3.05, 3.63) is 62.7 Å². The summed E-state index contributed by atoms with van der Waals surface area (Å²) in [6, 6.07) is 8.62. The second-order valence-corrected chi connectivity index (χ2v) is 8.91. The zero-order valence-electron chi connectivity index (χ0n) is 15.7. The Balaban J connectivity index is 1.99. The predicted molar refractivity (Wildman–Crippen MR) is 127 cm³/mol. The number of amides is 1. The van der Waals surface area contributed by atoms with E-state index in [-0.39, 0.29) is 5.91 Å². The lowest BCUT2D eigenvalue weighted by atomic mass is 10.0. The lowest BCUT2D eigenvalue weighted by Crippen LogP contribution is -2.07. The van der Waals surface area contributed by atoms with Gasteiger partial charge in [0.25, 0.3) is 0 Å². The molecule has 0 fully saturated rings. The maximum Gasteiger partial charge on any atom is 0.222 e. The van der Waals surface area contributed by atoms with Gasteiger partial charge in [-0.3, -0.25) is 4.79 Å². The van der Waals surface area contributed by atoms with Gasteiger partial charge in [-0.25, -0.2) is 9.83 Å². The number of carbonyl (C=O) groups excluding carboxylic acids is 1. The first-order valence-electron chi connectivity index (χ1n) is 8.69. The number of rotatable bonds is 4. The monoisotopic (exact) mass is 532 g/mol. The quantitative estimate of drug-likeness (QED) is 0.281. The van der Waals surface area contributed by atoms with Crippen molar-refractivity contribution >= 4 is 67.9 Å². The summed E-state index contributed by atoms with van der Waals surface area (Å²) in [4.78, 5) is 23.8. The third-order valence-electron chi connectivity index (χ3n) is 4.20. The number of anilines is 1. The molecule has 0 saturated carbocycles. The maximum absolute atomic E-state index is 11.4. The first-order chi connectivity index (χ1) is 14.9. The summed E-state index contributed by atoms with van der Waals surface area (Å²) in [6.07, 6.45) is 1.58. The molecular formula is C20H11BrCl2N6OS. The Hall–Kier alpha value is -2.77. The molecule has 0 unspecified atom stereocenters. The minimum atomic E-state index is -0.234. The number of carbonyl (C=O) groups is 1. The van der Waals surface area contributed by atoms with Gasteiger partial charge in [-0.2, -0.15) is 0 Å². The van der Waals surface area contributed by atoms with E-state index in [1.54, 1.807) is 36.5 Å². The zero-order chi connectivity index (χ0) is 22.1. The molecule has 4 rings (SSSR count). The summed E-state index contributed by atoms with van der Waals surface area (Å²) in [5.74, 6) is 0.650. The fourth-order valence-electron chi connectivity index (χ4n) is 3.00. The number of aromatic amines is 1. The zero-order valence-corrected chi connectivity index (χ0v) is 19.6. The van der Waals surface area contributed by atoms with Crippen LogP contribution in [0.2, 0.25) is 10.0 Å². The minimum Gasteiger partial charge on any atom is -0.315 e. The van der Waals surface area contributed by atoms with Gasteiger partial charge in [-0.05, 0) is 51.3 Å². The molecule has 31 heavy (non-hydrogen) atoms. The normalized spacial score (nSPS) is 10.7. The number of halogens is 3. The van der Waals surface area contributed by atoms with Crippen molar-refractivity contribution in [3.8, 4) is 32.3 Å². The number of nitrogens with one attached hydrogen (secondary N) is 2. The van der Waals surface area contributed by atoms with Gasteiger partial charge in [0.2, 0.25) is 11.6 Å². The molecule has 7 nitrogen and oxygen atoms in total. The molecule has 0 spiro atoms. The highest BCUT2D eigenvalue weighted by molar-refractivity contribution is 9.10. The van der Waals surface area contributed by atoms with E-state index in [9.17, 15) is 4.79 Å². The summed E-state index contributed by atoms with van der Waals surface area (Å²) >= 11 is 17.2. The Morgan fingerprint density at radius 1 is 1.23 bits per heavy atom. The van der Waals surface area contributed by atoms with Crippen molar-refractivity contribution in [1.29, 1.82) is 0 Å². The van der Waals surface area contributed by atoms with Gasteiger partial charge in [0, 0.05) is 33.6 Å². The van der Waals surface area contributed by atoms with Crippen LogP contribution >= 0.6 is 50.5 Å². The lowest BCUT2D eigenvalue weighted by molar-refractivity contribution is -0.114. The van der Waals surface area contributed by atoms with Crippen LogP contribution in [0.3, 0.4) is 0 Å². The third kappa shape index (κ3) is 4.34. The molecule has 0 saturated heterocycles. The second-order valence-electron chi connectivity index (χ2n) is 6.30. The number of hydrogen-bond donors (Lipinski definition) is 2. The van der Waals surface area contributed by atoms with Crippen LogP contribution in [0.1, 0.15) is 6.92 Å². The molecule has 0 aliphatic heterocycles. The average Bonchev–Trinajstić information content (AvgIpc) is 3.31. The standard InChI is InChI=1S/C20H11BrCl2N6OS/c1-9(30)26-14-7-10(5-6-25-14)17-16(24-2)15(12-4-3-11(22)8-13(12)23)18(31-17)19-27-20(21)29-28-19/h3-8H,1H3,(H,25,26,30)(H,27,28,29). The largest absolute Gasteiger partial charge is 0.315 e. The SMILES string of the molecule is [C-]#[N+]c1c(-c2ccnc(NC(C)=O)c2)sc(-c2nnc(Br)[nH]2)c1-c1ccc(Cl)cc1Cl. The highest BCUT2D eigenvalue weighted by Crippen LogP contribution is 2.53. The van der Waals surface area contributed by atoms with Crippen LogP contribution in [0.15, 0.2) is 41.3 Å². The third-order valence-corrected chi connectivity index (χ3v) is 6.34. The van der Waals surface area contributed by atoms with E-state index in [4.69, 9.17) is 29.8 Å². The Morgan fingerprint density at radius 3 is 2.68 bits per heavy atom. The number of hydrogen-bond acceptors (Lipinski definition) is 5. The van der Waals surface area contributed by atoms with E-state index >= 15 is 0 Å². The van der Waals surface area contributed by atoms with Crippen molar-refractivity contribution in [2.24, 2.45) is 0 Å². The Bertz CT molecular complexity index is 1360. The van der Waals surface area contributed by atoms with Gasteiger partial charge in [0.1, 0.15) is 5.82 Å². The summed E-state index contributed by atoms with van der Waals surface area (Å²) in [5, 5.41) is 11.7. The summed E-state index contributed by atoms with van der Waals surface area (Å²) in [5.41, 5.74) is 2.40. The van der Waals surface area contributed by atoms with Crippen LogP contribution in [0, 0.1) is 6.57 Å². The predicted octanol–water partition coefficient (Wildman–Crippen LogP) is 6.84. The first-order valence-corrected chi connectivity index (χ1v) is 11.1. The molecule has 11 heteroatoms. The van der Waals surface area contributed by atoms with Crippen molar-refractivity contribution in [1.82, 2.24) is 20.2 Å². The van der Waals surface area contributed by atoms with Gasteiger partial charge in [0.15, 0.2) is 10.6 Å². The molecule has 3 heterocycles. The van der Waals surface area contributed by atoms with Gasteiger partial charge in [-0.1, -0.05) is 29.3 Å². The molecule has 2 N–H and O–H groups in total. The van der Waals surface area contributed by atoms with E-state index in [1.165, 1.54) is 18.3 Å². The maximum atomic E-state index is 11.4. The van der Waals surface area contributed by atoms with Gasteiger partial charge in [-0.15, -0.1) is 21.5 Å². The molecular weight excluding hydrogens is 523 g/mol. The van der Waals surface area contributed by atoms with E-state index < -0.39 is 0 Å². The van der Waals surface area contributed by atoms with Crippen molar-refractivity contribution < 1.29 is 4.79 Å². The summed E-state index contributed by atoms with van der Waals surface area (Å²) in [7, 11) is 0. The molecule has 0 aliphatic carbocycles. The Labute approximate surface area is 199 Å². The van der Waals surface area contributed by atoms with Crippen molar-refractivity contribution in [2.75, 3.05) is 5.32 Å². The molecule has 0 bridgehead atoms. The fourth-order valence-corrected chi connectivity index (χ4v) is 4.96. The molecule has 1 amide bonds. The highest BCUT2D eigenvalue weighted by Gasteiger charge is 2.25. The molecule has 0 aliphatic rings. The summed E-state index contributed by atoms with van der Waals surface area (Å²) < 4.78 is 0.465. The van der Waals surface area contributed by atoms with Gasteiger partial charge >= 0.3 is 0 Å². The van der Waals surface area contributed by atoms with E-state index in [1.807, 2.05) is 0 Å². The molecule has 0 radical (unpaired) electrons. The lowest BCUT2D eigenvalue weighted by Gasteiger charge is -2.07. The first kappa shape index (κ1) is 21.5. The number of pyridine rings is 1. The molecule has 4 aromatic rings. The van der Waals surface area contributed by atoms with Crippen LogP contribution in [-0.2, 0) is 4.79 Å². The van der Waals surface area contributed by atoms with Crippen LogP contribution in [-0.4, -0.2) is 26.1 Å². The molecule has 154 valence electrons. The Morgan fingerprint density at radius 2 is 2.03 bits per heavy atom. The van der Waals surface area contributed by atoms with E-state index in [2.05, 4.69) is 46.3 Å². The van der Waals surface area contributed by atoms with Crippen molar-refractivity contribution in [3.63, 3.8) is 0 Å². The van der Waals surface area contributed by atoms with E-state index in [0.29, 0.717) is 53.0 Å². The van der Waals surface area contributed by atoms with Gasteiger partial charge < -0.3 is 10.3 Å². The summed E-state index contributed by atoms with van der Waals surface area (Å²) in [6.45, 7) is 9.31. The fraction of sp³-hybridized carbons (Fsp3) is 0.0500. The van der Waals surface area contributed by atoms with Crippen LogP contribution in [0.5, 0.6) is 0 Å². The smallest absolute Gasteiger partial charge is 0.222 e. The number of thiophene rings is 1. The van der Waals surface area contributed by atoms with E-state index in [0.717, 1.165) is 5.56 Å². The number of H-pyrrole nitrogens is 1. The minimum absolute atomic E-state index is 0.234. The number of benzene rings is 1. The topological polar surface area (TPSA) is 87.9 Å². The van der Waals surface area contributed by atoms with Crippen LogP contribution in [0.25, 0.3) is 37.1 Å². The molecule has 0 atom stereocenters. The number of aromatic nitrogens is 4. The molecule has 3 aromatic heterocycles.